The van der Waals surface area contributed by atoms with Crippen molar-refractivity contribution in [2.75, 3.05) is 6.54 Å². The molecule has 0 saturated heterocycles. The van der Waals surface area contributed by atoms with Crippen LogP contribution in [0.1, 0.15) is 21.8 Å². The zero-order chi connectivity index (χ0) is 21.1. The average molecular weight is 403 g/mol. The molecule has 2 amide bonds. The van der Waals surface area contributed by atoms with E-state index in [9.17, 15) is 9.59 Å². The third-order valence-corrected chi connectivity index (χ3v) is 4.73. The van der Waals surface area contributed by atoms with Gasteiger partial charge >= 0.3 is 0 Å². The van der Waals surface area contributed by atoms with Crippen LogP contribution in [0.5, 0.6) is 0 Å². The highest BCUT2D eigenvalue weighted by atomic mass is 16.3. The van der Waals surface area contributed by atoms with Gasteiger partial charge in [-0.2, -0.15) is 5.10 Å². The SMILES string of the molecule is Cc1nn(C)c2nc(-c3ccccc3)cc(C(=O)NCC(=O)NCc3ccco3)c12. The Morgan fingerprint density at radius 1 is 1.10 bits per heavy atom. The Hall–Kier alpha value is -3.94. The topological polar surface area (TPSA) is 102 Å². The van der Waals surface area contributed by atoms with Crippen molar-refractivity contribution in [3.8, 4) is 11.3 Å². The molecule has 2 N–H and O–H groups in total. The molecular weight excluding hydrogens is 382 g/mol. The fraction of sp³-hybridized carbons (Fsp3) is 0.182. The van der Waals surface area contributed by atoms with Gasteiger partial charge in [0.05, 0.1) is 41.7 Å². The predicted molar refractivity (Wildman–Crippen MR) is 112 cm³/mol. The first-order chi connectivity index (χ1) is 14.5. The normalized spacial score (nSPS) is 10.9. The third kappa shape index (κ3) is 3.93. The van der Waals surface area contributed by atoms with Crippen molar-refractivity contribution in [1.29, 1.82) is 0 Å². The van der Waals surface area contributed by atoms with E-state index >= 15 is 0 Å². The maximum Gasteiger partial charge on any atom is 0.252 e. The number of fused-ring (bicyclic) bond motifs is 1. The first-order valence-corrected chi connectivity index (χ1v) is 9.50. The van der Waals surface area contributed by atoms with Gasteiger partial charge in [-0.25, -0.2) is 4.98 Å². The van der Waals surface area contributed by atoms with Crippen LogP contribution in [0.2, 0.25) is 0 Å². The van der Waals surface area contributed by atoms with Crippen LogP contribution in [0.15, 0.2) is 59.2 Å². The lowest BCUT2D eigenvalue weighted by Crippen LogP contribution is -2.36. The van der Waals surface area contributed by atoms with Crippen LogP contribution < -0.4 is 10.6 Å². The Kier molecular flexibility index (Phi) is 5.30. The Bertz CT molecular complexity index is 1200. The molecule has 0 fully saturated rings. The van der Waals surface area contributed by atoms with E-state index in [1.807, 2.05) is 37.3 Å². The molecule has 4 rings (SSSR count). The molecule has 0 aliphatic heterocycles. The number of furan rings is 1. The monoisotopic (exact) mass is 403 g/mol. The molecule has 3 aromatic heterocycles. The standard InChI is InChI=1S/C22H21N5O3/c1-14-20-17(22(29)24-13-19(28)23-12-16-9-6-10-30-16)11-18(15-7-4-3-5-8-15)25-21(20)27(2)26-14/h3-11H,12-13H2,1-2H3,(H,23,28)(H,24,29). The number of pyridine rings is 1. The molecule has 1 aromatic carbocycles. The molecule has 0 aliphatic carbocycles. The fourth-order valence-electron chi connectivity index (χ4n) is 3.30. The molecule has 152 valence electrons. The first-order valence-electron chi connectivity index (χ1n) is 9.50. The lowest BCUT2D eigenvalue weighted by Gasteiger charge is -2.09. The van der Waals surface area contributed by atoms with Gasteiger partial charge in [-0.15, -0.1) is 0 Å². The van der Waals surface area contributed by atoms with Crippen molar-refractivity contribution in [2.24, 2.45) is 7.05 Å². The minimum atomic E-state index is -0.358. The van der Waals surface area contributed by atoms with Gasteiger partial charge in [0, 0.05) is 12.6 Å². The summed E-state index contributed by atoms with van der Waals surface area (Å²) in [5.74, 6) is -0.0240. The molecule has 0 radical (unpaired) electrons. The van der Waals surface area contributed by atoms with Gasteiger partial charge in [-0.05, 0) is 25.1 Å². The van der Waals surface area contributed by atoms with Gasteiger partial charge in [0.25, 0.3) is 5.91 Å². The van der Waals surface area contributed by atoms with E-state index in [4.69, 9.17) is 9.40 Å². The average Bonchev–Trinajstić information content (AvgIpc) is 3.38. The Balaban J connectivity index is 1.57. The van der Waals surface area contributed by atoms with E-state index in [-0.39, 0.29) is 24.9 Å². The zero-order valence-corrected chi connectivity index (χ0v) is 16.7. The quantitative estimate of drug-likeness (QED) is 0.515. The summed E-state index contributed by atoms with van der Waals surface area (Å²) in [7, 11) is 1.79. The minimum Gasteiger partial charge on any atom is -0.467 e. The number of nitrogens with one attached hydrogen (secondary N) is 2. The number of hydrogen-bond acceptors (Lipinski definition) is 5. The summed E-state index contributed by atoms with van der Waals surface area (Å²) in [6.07, 6.45) is 1.54. The largest absolute Gasteiger partial charge is 0.467 e. The smallest absolute Gasteiger partial charge is 0.252 e. The minimum absolute atomic E-state index is 0.149. The van der Waals surface area contributed by atoms with E-state index in [0.717, 1.165) is 5.56 Å². The Labute approximate surface area is 172 Å². The number of aryl methyl sites for hydroxylation is 2. The molecular formula is C22H21N5O3. The lowest BCUT2D eigenvalue weighted by molar-refractivity contribution is -0.120. The maximum atomic E-state index is 13.0. The van der Waals surface area contributed by atoms with Crippen LogP contribution in [-0.4, -0.2) is 33.1 Å². The molecule has 0 atom stereocenters. The molecule has 0 unspecified atom stereocenters. The zero-order valence-electron chi connectivity index (χ0n) is 16.7. The summed E-state index contributed by atoms with van der Waals surface area (Å²) >= 11 is 0. The summed E-state index contributed by atoms with van der Waals surface area (Å²) in [5, 5.41) is 10.5. The molecule has 0 aliphatic rings. The molecule has 0 spiro atoms. The number of aromatic nitrogens is 3. The van der Waals surface area contributed by atoms with Gasteiger partial charge in [0.15, 0.2) is 5.65 Å². The summed E-state index contributed by atoms with van der Waals surface area (Å²) in [6.45, 7) is 1.95. The maximum absolute atomic E-state index is 13.0. The summed E-state index contributed by atoms with van der Waals surface area (Å²) < 4.78 is 6.84. The Morgan fingerprint density at radius 2 is 1.90 bits per heavy atom. The van der Waals surface area contributed by atoms with Crippen molar-refractivity contribution in [1.82, 2.24) is 25.4 Å². The van der Waals surface area contributed by atoms with Crippen molar-refractivity contribution in [3.05, 3.63) is 71.8 Å². The number of carbonyl (C=O) groups excluding carboxylic acids is 2. The number of benzene rings is 1. The number of carbonyl (C=O) groups is 2. The van der Waals surface area contributed by atoms with Crippen molar-refractivity contribution >= 4 is 22.8 Å². The van der Waals surface area contributed by atoms with E-state index < -0.39 is 0 Å². The van der Waals surface area contributed by atoms with Gasteiger partial charge in [-0.1, -0.05) is 30.3 Å². The summed E-state index contributed by atoms with van der Waals surface area (Å²) in [4.78, 5) is 29.8. The molecule has 0 bridgehead atoms. The fourth-order valence-corrected chi connectivity index (χ4v) is 3.30. The van der Waals surface area contributed by atoms with Crippen molar-refractivity contribution in [3.63, 3.8) is 0 Å². The second-order valence-electron chi connectivity index (χ2n) is 6.87. The van der Waals surface area contributed by atoms with Crippen LogP contribution in [-0.2, 0) is 18.4 Å². The molecule has 0 saturated carbocycles. The van der Waals surface area contributed by atoms with Gasteiger partial charge in [0.2, 0.25) is 5.91 Å². The molecule has 8 heteroatoms. The lowest BCUT2D eigenvalue weighted by atomic mass is 10.0. The second-order valence-corrected chi connectivity index (χ2v) is 6.87. The predicted octanol–water partition coefficient (Wildman–Crippen LogP) is 2.58. The van der Waals surface area contributed by atoms with Crippen molar-refractivity contribution < 1.29 is 14.0 Å². The van der Waals surface area contributed by atoms with Gasteiger partial charge in [0.1, 0.15) is 5.76 Å². The number of nitrogens with zero attached hydrogens (tertiary/aromatic N) is 3. The van der Waals surface area contributed by atoms with E-state index in [0.29, 0.717) is 33.7 Å². The molecule has 30 heavy (non-hydrogen) atoms. The highest BCUT2D eigenvalue weighted by molar-refractivity contribution is 6.08. The Morgan fingerprint density at radius 3 is 2.63 bits per heavy atom. The van der Waals surface area contributed by atoms with E-state index in [1.165, 1.54) is 0 Å². The number of amides is 2. The van der Waals surface area contributed by atoms with Gasteiger partial charge < -0.3 is 15.1 Å². The molecule has 8 nitrogen and oxygen atoms in total. The molecule has 3 heterocycles. The van der Waals surface area contributed by atoms with Gasteiger partial charge in [-0.3, -0.25) is 14.3 Å². The molecule has 4 aromatic rings. The number of hydrogen-bond donors (Lipinski definition) is 2. The van der Waals surface area contributed by atoms with E-state index in [1.54, 1.807) is 36.2 Å². The second kappa shape index (κ2) is 8.20. The van der Waals surface area contributed by atoms with Crippen LogP contribution in [0.4, 0.5) is 0 Å². The number of rotatable bonds is 6. The van der Waals surface area contributed by atoms with E-state index in [2.05, 4.69) is 15.7 Å². The van der Waals surface area contributed by atoms with Crippen LogP contribution >= 0.6 is 0 Å². The first kappa shape index (κ1) is 19.4. The van der Waals surface area contributed by atoms with Crippen LogP contribution in [0.25, 0.3) is 22.3 Å². The summed E-state index contributed by atoms with van der Waals surface area (Å²) in [6, 6.07) is 14.9. The highest BCUT2D eigenvalue weighted by Crippen LogP contribution is 2.26. The third-order valence-electron chi connectivity index (χ3n) is 4.73. The highest BCUT2D eigenvalue weighted by Gasteiger charge is 2.19. The summed E-state index contributed by atoms with van der Waals surface area (Å²) in [5.41, 5.74) is 3.30. The van der Waals surface area contributed by atoms with Crippen LogP contribution in [0.3, 0.4) is 0 Å². The van der Waals surface area contributed by atoms with Crippen LogP contribution in [0, 0.1) is 6.92 Å². The van der Waals surface area contributed by atoms with Crippen molar-refractivity contribution in [2.45, 2.75) is 13.5 Å².